The lowest BCUT2D eigenvalue weighted by atomic mass is 10.2. The number of halogens is 2. The first-order valence-electron chi connectivity index (χ1n) is 10.6. The van der Waals surface area contributed by atoms with Gasteiger partial charge in [-0.05, 0) is 35.9 Å². The average Bonchev–Trinajstić information content (AvgIpc) is 3.29. The summed E-state index contributed by atoms with van der Waals surface area (Å²) in [6.07, 6.45) is 1.54. The second-order valence-corrected chi connectivity index (χ2v) is 8.64. The van der Waals surface area contributed by atoms with Crippen LogP contribution >= 0.6 is 23.2 Å². The number of nitrogens with zero attached hydrogens (tertiary/aromatic N) is 6. The molecule has 0 fully saturated rings. The van der Waals surface area contributed by atoms with Crippen molar-refractivity contribution in [3.05, 3.63) is 107 Å². The Morgan fingerprint density at radius 1 is 1.00 bits per heavy atom. The van der Waals surface area contributed by atoms with Crippen molar-refractivity contribution in [3.63, 3.8) is 0 Å². The molecule has 0 amide bonds. The van der Waals surface area contributed by atoms with Gasteiger partial charge in [0.1, 0.15) is 17.5 Å². The molecule has 0 unspecified atom stereocenters. The molecule has 1 N–H and O–H groups in total. The van der Waals surface area contributed by atoms with E-state index in [9.17, 15) is 14.4 Å². The molecule has 0 aliphatic heterocycles. The third-order valence-corrected chi connectivity index (χ3v) is 6.19. The molecule has 0 bridgehead atoms. The Hall–Kier alpha value is -4.66. The Balaban J connectivity index is 1.61. The number of hydrogen-bond donors (Lipinski definition) is 1. The van der Waals surface area contributed by atoms with Crippen LogP contribution in [0.3, 0.4) is 0 Å². The first-order valence-corrected chi connectivity index (χ1v) is 11.4. The first-order chi connectivity index (χ1) is 17.8. The van der Waals surface area contributed by atoms with E-state index >= 15 is 0 Å². The minimum atomic E-state index is -0.902. The molecule has 11 nitrogen and oxygen atoms in total. The summed E-state index contributed by atoms with van der Waals surface area (Å²) in [6, 6.07) is 14.8. The van der Waals surface area contributed by atoms with Crippen molar-refractivity contribution in [2.45, 2.75) is 6.54 Å². The molecule has 5 rings (SSSR count). The lowest BCUT2D eigenvalue weighted by molar-refractivity contribution is 0.414. The summed E-state index contributed by atoms with van der Waals surface area (Å²) in [6.45, 7) is 0.300. The monoisotopic (exact) mass is 535 g/mol. The van der Waals surface area contributed by atoms with Gasteiger partial charge >= 0.3 is 5.69 Å². The second-order valence-electron chi connectivity index (χ2n) is 7.82. The van der Waals surface area contributed by atoms with Crippen LogP contribution in [-0.4, -0.2) is 36.2 Å². The fourth-order valence-corrected chi connectivity index (χ4v) is 4.49. The highest BCUT2D eigenvalue weighted by molar-refractivity contribution is 6.38. The summed E-state index contributed by atoms with van der Waals surface area (Å²) in [7, 11) is 1.58. The third kappa shape index (κ3) is 4.29. The molecule has 0 atom stereocenters. The van der Waals surface area contributed by atoms with Crippen LogP contribution in [-0.2, 0) is 6.54 Å². The van der Waals surface area contributed by atoms with Gasteiger partial charge in [0.2, 0.25) is 5.69 Å². The van der Waals surface area contributed by atoms with Gasteiger partial charge in [-0.1, -0.05) is 35.3 Å². The van der Waals surface area contributed by atoms with E-state index in [4.69, 9.17) is 33.2 Å². The third-order valence-electron chi connectivity index (χ3n) is 5.62. The molecule has 3 aromatic heterocycles. The molecule has 2 aromatic carbocycles. The van der Waals surface area contributed by atoms with E-state index in [0.29, 0.717) is 29.0 Å². The molecule has 0 aliphatic rings. The van der Waals surface area contributed by atoms with Crippen molar-refractivity contribution in [3.8, 4) is 23.2 Å². The highest BCUT2D eigenvalue weighted by atomic mass is 35.5. The lowest BCUT2D eigenvalue weighted by Gasteiger charge is -2.13. The topological polar surface area (TPSA) is 141 Å². The zero-order valence-corrected chi connectivity index (χ0v) is 20.5. The zero-order chi connectivity index (χ0) is 26.3. The molecule has 0 spiro atoms. The van der Waals surface area contributed by atoms with Gasteiger partial charge in [-0.25, -0.2) is 9.48 Å². The van der Waals surface area contributed by atoms with Crippen molar-refractivity contribution in [2.24, 2.45) is 0 Å². The molecule has 3 heterocycles. The molecule has 0 saturated carbocycles. The minimum absolute atomic E-state index is 0.110. The van der Waals surface area contributed by atoms with Crippen LogP contribution in [0.4, 0.5) is 0 Å². The molecular formula is C24H15Cl2N7O4. The fraction of sp³-hybridized carbons (Fsp3) is 0.0833. The molecule has 184 valence electrons. The number of methoxy groups -OCH3 is 1. The Morgan fingerprint density at radius 3 is 2.35 bits per heavy atom. The van der Waals surface area contributed by atoms with Crippen molar-refractivity contribution < 1.29 is 4.74 Å². The maximum Gasteiger partial charge on any atom is 0.349 e. The van der Waals surface area contributed by atoms with Crippen molar-refractivity contribution in [2.75, 3.05) is 7.11 Å². The van der Waals surface area contributed by atoms with Crippen LogP contribution < -0.4 is 21.5 Å². The van der Waals surface area contributed by atoms with Crippen LogP contribution in [0.25, 0.3) is 22.4 Å². The Kier molecular flexibility index (Phi) is 6.12. The predicted molar refractivity (Wildman–Crippen MR) is 136 cm³/mol. The molecule has 5 aromatic rings. The summed E-state index contributed by atoms with van der Waals surface area (Å²) in [4.78, 5) is 38.7. The van der Waals surface area contributed by atoms with Crippen molar-refractivity contribution >= 4 is 34.2 Å². The number of aromatic amines is 1. The van der Waals surface area contributed by atoms with E-state index in [1.807, 2.05) is 29.2 Å². The van der Waals surface area contributed by atoms with E-state index in [0.717, 1.165) is 10.2 Å². The van der Waals surface area contributed by atoms with Crippen molar-refractivity contribution in [1.29, 1.82) is 5.26 Å². The molecule has 0 radical (unpaired) electrons. The maximum absolute atomic E-state index is 12.7. The largest absolute Gasteiger partial charge is 0.497 e. The number of benzene rings is 2. The predicted octanol–water partition coefficient (Wildman–Crippen LogP) is 2.66. The smallest absolute Gasteiger partial charge is 0.349 e. The van der Waals surface area contributed by atoms with Crippen LogP contribution in [0.1, 0.15) is 11.3 Å². The number of fused-ring (bicyclic) bond motifs is 1. The Labute approximate surface area is 217 Å². The van der Waals surface area contributed by atoms with E-state index in [-0.39, 0.29) is 21.3 Å². The molecule has 0 saturated heterocycles. The van der Waals surface area contributed by atoms with Gasteiger partial charge < -0.3 is 9.30 Å². The second kappa shape index (κ2) is 9.42. The Bertz CT molecular complexity index is 1870. The lowest BCUT2D eigenvalue weighted by Crippen LogP contribution is -2.33. The number of hydrogen-bond acceptors (Lipinski definition) is 7. The van der Waals surface area contributed by atoms with Gasteiger partial charge in [-0.15, -0.1) is 5.10 Å². The number of nitriles is 1. The number of aromatic nitrogens is 6. The van der Waals surface area contributed by atoms with E-state index < -0.39 is 16.9 Å². The molecular weight excluding hydrogens is 521 g/mol. The summed E-state index contributed by atoms with van der Waals surface area (Å²) in [5.74, 6) is 0.707. The van der Waals surface area contributed by atoms with Crippen LogP contribution in [0.2, 0.25) is 10.0 Å². The number of rotatable bonds is 5. The van der Waals surface area contributed by atoms with E-state index in [1.165, 1.54) is 29.1 Å². The van der Waals surface area contributed by atoms with Gasteiger partial charge in [-0.2, -0.15) is 15.0 Å². The highest BCUT2D eigenvalue weighted by Gasteiger charge is 2.18. The van der Waals surface area contributed by atoms with Gasteiger partial charge in [0, 0.05) is 6.07 Å². The molecule has 37 heavy (non-hydrogen) atoms. The highest BCUT2D eigenvalue weighted by Crippen LogP contribution is 2.33. The van der Waals surface area contributed by atoms with Gasteiger partial charge in [0.15, 0.2) is 0 Å². The summed E-state index contributed by atoms with van der Waals surface area (Å²) in [5, 5.41) is 17.5. The minimum Gasteiger partial charge on any atom is -0.497 e. The van der Waals surface area contributed by atoms with E-state index in [2.05, 4.69) is 10.2 Å². The maximum atomic E-state index is 12.7. The van der Waals surface area contributed by atoms with Crippen LogP contribution in [0.15, 0.2) is 69.1 Å². The zero-order valence-electron chi connectivity index (χ0n) is 19.0. The Morgan fingerprint density at radius 2 is 1.70 bits per heavy atom. The molecule has 0 aliphatic carbocycles. The van der Waals surface area contributed by atoms with Crippen molar-refractivity contribution in [1.82, 2.24) is 29.1 Å². The number of nitrogens with one attached hydrogen (secondary N) is 1. The van der Waals surface area contributed by atoms with Crippen LogP contribution in [0.5, 0.6) is 5.75 Å². The quantitative estimate of drug-likeness (QED) is 0.364. The number of H-pyrrole nitrogens is 1. The fourth-order valence-electron chi connectivity index (χ4n) is 3.85. The summed E-state index contributed by atoms with van der Waals surface area (Å²) < 4.78 is 9.06. The molecule has 13 heteroatoms. The van der Waals surface area contributed by atoms with Crippen LogP contribution in [0, 0.1) is 11.3 Å². The van der Waals surface area contributed by atoms with Gasteiger partial charge in [0.25, 0.3) is 11.1 Å². The summed E-state index contributed by atoms with van der Waals surface area (Å²) >= 11 is 13.1. The SMILES string of the molecule is COc1ccc(Cn2c(=O)ccc3c2cnn3-c2c(Cl)cc(-n3nc(C#N)c(=O)[nH]c3=O)cc2Cl)cc1. The summed E-state index contributed by atoms with van der Waals surface area (Å²) in [5.41, 5.74) is -0.0426. The standard InChI is InChI=1S/C24H15Cl2N7O4/c1-37-15-4-2-13(3-5-15)12-31-20-11-28-33(19(20)6-7-21(31)34)22-16(25)8-14(9-17(22)26)32-24(36)29-23(35)18(10-27)30-32/h2-9,11H,12H2,1H3,(H,29,35,36). The van der Waals surface area contributed by atoms with Gasteiger partial charge in [0.05, 0.1) is 46.6 Å². The number of pyridine rings is 1. The number of ether oxygens (including phenoxy) is 1. The van der Waals surface area contributed by atoms with E-state index in [1.54, 1.807) is 23.8 Å². The average molecular weight is 536 g/mol. The first kappa shape index (κ1) is 24.1. The van der Waals surface area contributed by atoms with Gasteiger partial charge in [-0.3, -0.25) is 14.6 Å². The normalized spacial score (nSPS) is 11.0.